The van der Waals surface area contributed by atoms with Gasteiger partial charge in [-0.2, -0.15) is 23.5 Å². The van der Waals surface area contributed by atoms with Crippen LogP contribution in [0.3, 0.4) is 0 Å². The number of halogens is 3. The first-order chi connectivity index (χ1) is 21.7. The number of hydrogen-bond donors (Lipinski definition) is 1. The van der Waals surface area contributed by atoms with Crippen molar-refractivity contribution in [2.24, 2.45) is 0 Å². The normalized spacial score (nSPS) is 14.2. The van der Waals surface area contributed by atoms with Crippen molar-refractivity contribution in [1.82, 2.24) is 29.1 Å². The summed E-state index contributed by atoms with van der Waals surface area (Å²) in [4.78, 5) is 42.0. The lowest BCUT2D eigenvalue weighted by molar-refractivity contribution is -0.137. The minimum atomic E-state index is -4.65. The minimum Gasteiger partial charge on any atom is -0.444 e. The predicted molar refractivity (Wildman–Crippen MR) is 162 cm³/mol. The summed E-state index contributed by atoms with van der Waals surface area (Å²) in [5.74, 6) is 0. The molecule has 1 N–H and O–H groups in total. The number of imidazole rings is 1. The number of hydrogen-bond acceptors (Lipinski definition) is 6. The average Bonchev–Trinajstić information content (AvgIpc) is 3.58. The van der Waals surface area contributed by atoms with Gasteiger partial charge in [-0.3, -0.25) is 4.57 Å². The summed E-state index contributed by atoms with van der Waals surface area (Å²) in [7, 11) is 0. The van der Waals surface area contributed by atoms with Gasteiger partial charge in [-0.05, 0) is 89.1 Å². The van der Waals surface area contributed by atoms with Crippen molar-refractivity contribution in [2.45, 2.75) is 58.4 Å². The third-order valence-electron chi connectivity index (χ3n) is 7.52. The highest BCUT2D eigenvalue weighted by Crippen LogP contribution is 2.32. The van der Waals surface area contributed by atoms with Gasteiger partial charge in [0.15, 0.2) is 0 Å². The quantitative estimate of drug-likeness (QED) is 0.309. The number of benzene rings is 2. The van der Waals surface area contributed by atoms with E-state index >= 15 is 0 Å². The zero-order valence-corrected chi connectivity index (χ0v) is 25.6. The molecule has 11 nitrogen and oxygen atoms in total. The van der Waals surface area contributed by atoms with Crippen LogP contribution in [0.5, 0.6) is 0 Å². The molecule has 2 aromatic heterocycles. The van der Waals surface area contributed by atoms with Gasteiger partial charge < -0.3 is 15.0 Å². The molecule has 46 heavy (non-hydrogen) atoms. The lowest BCUT2D eigenvalue weighted by Gasteiger charge is -2.33. The van der Waals surface area contributed by atoms with E-state index in [9.17, 15) is 32.8 Å². The predicted octanol–water partition coefficient (Wildman–Crippen LogP) is 5.65. The van der Waals surface area contributed by atoms with E-state index in [0.717, 1.165) is 21.3 Å². The summed E-state index contributed by atoms with van der Waals surface area (Å²) in [5, 5.41) is 16.4. The van der Waals surface area contributed by atoms with E-state index in [4.69, 9.17) is 4.74 Å². The Labute approximate surface area is 262 Å². The molecule has 2 amide bonds. The molecule has 3 heterocycles. The molecule has 240 valence electrons. The molecule has 0 unspecified atom stereocenters. The van der Waals surface area contributed by atoms with Gasteiger partial charge in [-0.15, -0.1) is 0 Å². The highest BCUT2D eigenvalue weighted by molar-refractivity contribution is 5.83. The number of rotatable bonds is 4. The Hall–Kier alpha value is -5.32. The Kier molecular flexibility index (Phi) is 8.53. The monoisotopic (exact) mass is 635 g/mol. The maximum atomic E-state index is 14.0. The number of nitrogens with zero attached hydrogens (tertiary/aromatic N) is 6. The second kappa shape index (κ2) is 12.2. The van der Waals surface area contributed by atoms with Gasteiger partial charge in [-0.25, -0.2) is 23.6 Å². The lowest BCUT2D eigenvalue weighted by Crippen LogP contribution is -2.49. The molecule has 1 saturated heterocycles. The van der Waals surface area contributed by atoms with E-state index in [1.165, 1.54) is 29.9 Å². The molecule has 1 fully saturated rings. The van der Waals surface area contributed by atoms with Crippen molar-refractivity contribution in [3.05, 3.63) is 88.1 Å². The van der Waals surface area contributed by atoms with E-state index in [1.807, 2.05) is 6.07 Å². The molecule has 1 aliphatic heterocycles. The molecular formula is C32H32F3N7O4. The van der Waals surface area contributed by atoms with Crippen LogP contribution in [0.1, 0.15) is 50.4 Å². The van der Waals surface area contributed by atoms with E-state index in [0.29, 0.717) is 42.9 Å². The van der Waals surface area contributed by atoms with E-state index in [-0.39, 0.29) is 17.1 Å². The molecule has 0 aliphatic carbocycles. The topological polar surface area (TPSA) is 127 Å². The second-order valence-electron chi connectivity index (χ2n) is 11.9. The number of carbonyl (C=O) groups is 2. The Balaban J connectivity index is 1.54. The number of ether oxygens (including phenoxy) is 1. The Morgan fingerprint density at radius 2 is 1.70 bits per heavy atom. The molecule has 1 aliphatic rings. The smallest absolute Gasteiger partial charge is 0.416 e. The molecule has 5 rings (SSSR count). The van der Waals surface area contributed by atoms with Crippen LogP contribution in [0.25, 0.3) is 22.8 Å². The van der Waals surface area contributed by atoms with Gasteiger partial charge in [0, 0.05) is 19.1 Å². The van der Waals surface area contributed by atoms with Crippen LogP contribution < -0.4 is 11.0 Å². The molecule has 0 atom stereocenters. The van der Waals surface area contributed by atoms with Crippen molar-refractivity contribution in [3.63, 3.8) is 0 Å². The van der Waals surface area contributed by atoms with Crippen LogP contribution in [0, 0.1) is 18.3 Å². The fourth-order valence-electron chi connectivity index (χ4n) is 5.36. The van der Waals surface area contributed by atoms with E-state index < -0.39 is 41.2 Å². The molecule has 0 bridgehead atoms. The van der Waals surface area contributed by atoms with Crippen LogP contribution in [-0.4, -0.2) is 60.7 Å². The van der Waals surface area contributed by atoms with Crippen LogP contribution in [0.4, 0.5) is 22.8 Å². The van der Waals surface area contributed by atoms with Gasteiger partial charge in [0.2, 0.25) is 0 Å². The minimum absolute atomic E-state index is 0.0692. The largest absolute Gasteiger partial charge is 0.444 e. The summed E-state index contributed by atoms with van der Waals surface area (Å²) < 4.78 is 49.7. The van der Waals surface area contributed by atoms with Crippen molar-refractivity contribution < 1.29 is 27.5 Å². The third kappa shape index (κ3) is 6.53. The first-order valence-electron chi connectivity index (χ1n) is 14.5. The van der Waals surface area contributed by atoms with Gasteiger partial charge >= 0.3 is 24.0 Å². The van der Waals surface area contributed by atoms with Crippen LogP contribution in [0.15, 0.2) is 65.6 Å². The number of amides is 2. The number of alkyl halides is 3. The third-order valence-corrected chi connectivity index (χ3v) is 7.52. The molecule has 4 aromatic rings. The van der Waals surface area contributed by atoms with Gasteiger partial charge in [0.25, 0.3) is 0 Å². The molecule has 2 aromatic carbocycles. The van der Waals surface area contributed by atoms with Gasteiger partial charge in [-0.1, -0.05) is 6.07 Å². The standard InChI is InChI=1S/C32H32F3N7O4/c1-20-27(26-12-15-37-42(26)24-10-8-21(19-36)9-11-24)41(29(44)40(20)25-7-5-6-22(18-25)32(33,34)35)28(43)38-23-13-16-39(17-14-23)30(45)46-31(2,3)4/h5-12,15,18,23H,13-14,16-17H2,1-4H3,(H,38,43). The number of piperidine rings is 1. The fourth-order valence-corrected chi connectivity index (χ4v) is 5.36. The summed E-state index contributed by atoms with van der Waals surface area (Å²) in [6, 6.07) is 13.2. The van der Waals surface area contributed by atoms with Crippen LogP contribution >= 0.6 is 0 Å². The second-order valence-corrected chi connectivity index (χ2v) is 11.9. The Morgan fingerprint density at radius 1 is 1.02 bits per heavy atom. The van der Waals surface area contributed by atoms with E-state index in [1.54, 1.807) is 56.0 Å². The number of carbonyl (C=O) groups excluding carboxylic acids is 2. The van der Waals surface area contributed by atoms with Crippen molar-refractivity contribution >= 4 is 12.1 Å². The number of nitrogens with one attached hydrogen (secondary N) is 1. The summed E-state index contributed by atoms with van der Waals surface area (Å²) in [5.41, 5.74) is -0.966. The van der Waals surface area contributed by atoms with Crippen molar-refractivity contribution in [2.75, 3.05) is 13.1 Å². The zero-order chi connectivity index (χ0) is 33.4. The molecule has 0 radical (unpaired) electrons. The number of nitriles is 1. The number of aromatic nitrogens is 4. The maximum absolute atomic E-state index is 14.0. The Bertz CT molecular complexity index is 1870. The fraction of sp³-hybridized carbons (Fsp3) is 0.344. The summed E-state index contributed by atoms with van der Waals surface area (Å²) in [6.45, 7) is 7.49. The first-order valence-corrected chi connectivity index (χ1v) is 14.5. The highest BCUT2D eigenvalue weighted by Gasteiger charge is 2.33. The van der Waals surface area contributed by atoms with Gasteiger partial charge in [0.1, 0.15) is 11.3 Å². The number of likely N-dealkylation sites (tertiary alicyclic amines) is 1. The van der Waals surface area contributed by atoms with Crippen LogP contribution in [-0.2, 0) is 10.9 Å². The van der Waals surface area contributed by atoms with E-state index in [2.05, 4.69) is 10.4 Å². The van der Waals surface area contributed by atoms with Gasteiger partial charge in [0.05, 0.1) is 46.2 Å². The summed E-state index contributed by atoms with van der Waals surface area (Å²) in [6.07, 6.45) is -2.86. The zero-order valence-electron chi connectivity index (χ0n) is 25.6. The molecular weight excluding hydrogens is 603 g/mol. The SMILES string of the molecule is Cc1c(-c2ccnn2-c2ccc(C#N)cc2)n(C(=O)NC2CCN(C(=O)OC(C)(C)C)CC2)c(=O)n1-c1cccc(C(F)(F)F)c1. The lowest BCUT2D eigenvalue weighted by atomic mass is 10.1. The molecule has 14 heteroatoms. The summed E-state index contributed by atoms with van der Waals surface area (Å²) >= 11 is 0. The van der Waals surface area contributed by atoms with Crippen molar-refractivity contribution in [3.8, 4) is 28.8 Å². The average molecular weight is 636 g/mol. The highest BCUT2D eigenvalue weighted by atomic mass is 19.4. The van der Waals surface area contributed by atoms with Crippen LogP contribution in [0.2, 0.25) is 0 Å². The first kappa shape index (κ1) is 32.1. The maximum Gasteiger partial charge on any atom is 0.416 e. The molecule has 0 saturated carbocycles. The molecule has 0 spiro atoms. The Morgan fingerprint density at radius 3 is 2.30 bits per heavy atom. The van der Waals surface area contributed by atoms with Crippen molar-refractivity contribution in [1.29, 1.82) is 5.26 Å².